The Hall–Kier alpha value is -4.28. The summed E-state index contributed by atoms with van der Waals surface area (Å²) in [4.78, 5) is 38.3. The molecule has 1 amide bonds. The Morgan fingerprint density at radius 3 is 2.36 bits per heavy atom. The van der Waals surface area contributed by atoms with Gasteiger partial charge < -0.3 is 21.3 Å². The third kappa shape index (κ3) is 7.87. The minimum Gasteiger partial charge on any atom is -0.354 e. The van der Waals surface area contributed by atoms with Gasteiger partial charge in [0.2, 0.25) is 5.91 Å². The number of Topliss-reactive ketones (excluding diaryl/α,β-unsaturated/α-hetero) is 1. The van der Waals surface area contributed by atoms with Crippen molar-refractivity contribution in [1.82, 2.24) is 10.3 Å². The van der Waals surface area contributed by atoms with E-state index < -0.39 is 5.92 Å². The molecule has 234 valence electrons. The lowest BCUT2D eigenvalue weighted by atomic mass is 9.77. The molecule has 1 aromatic heterocycles. The number of carbonyl (C=O) groups is 2. The minimum atomic E-state index is -0.483. The normalized spacial score (nSPS) is 20.5. The molecule has 6 rings (SSSR count). The second-order valence-electron chi connectivity index (χ2n) is 12.3. The van der Waals surface area contributed by atoms with Crippen LogP contribution in [0.2, 0.25) is 0 Å². The zero-order chi connectivity index (χ0) is 31.0. The van der Waals surface area contributed by atoms with Crippen molar-refractivity contribution in [3.05, 3.63) is 78.0 Å². The summed E-state index contributed by atoms with van der Waals surface area (Å²) in [5, 5.41) is 14.4. The Bertz CT molecular complexity index is 1520. The quantitative estimate of drug-likeness (QED) is 0.285. The van der Waals surface area contributed by atoms with Gasteiger partial charge >= 0.3 is 0 Å². The maximum Gasteiger partial charge on any atom is 0.228 e. The molecule has 0 spiro atoms. The number of anilines is 2. The lowest BCUT2D eigenvalue weighted by molar-refractivity contribution is -0.129. The number of pyridine rings is 1. The Kier molecular flexibility index (Phi) is 10.0. The van der Waals surface area contributed by atoms with Crippen LogP contribution in [0.25, 0.3) is 11.1 Å². The minimum absolute atomic E-state index is 0.00248. The molecule has 2 aliphatic heterocycles. The molecule has 3 heterocycles. The van der Waals surface area contributed by atoms with Crippen LogP contribution < -0.4 is 21.3 Å². The van der Waals surface area contributed by atoms with E-state index >= 15 is 0 Å². The number of nitrogens with one attached hydrogen (secondary N) is 2. The first-order valence-electron chi connectivity index (χ1n) is 16.1. The molecule has 3 aromatic rings. The van der Waals surface area contributed by atoms with E-state index in [1.807, 2.05) is 36.5 Å². The third-order valence-corrected chi connectivity index (χ3v) is 9.27. The summed E-state index contributed by atoms with van der Waals surface area (Å²) < 4.78 is 0. The molecule has 2 aromatic carbocycles. The van der Waals surface area contributed by atoms with E-state index in [-0.39, 0.29) is 24.0 Å². The molecule has 0 radical (unpaired) electrons. The van der Waals surface area contributed by atoms with Gasteiger partial charge in [-0.2, -0.15) is 5.11 Å². The predicted molar refractivity (Wildman–Crippen MR) is 177 cm³/mol. The Balaban J connectivity index is 1.15. The van der Waals surface area contributed by atoms with Crippen molar-refractivity contribution in [2.24, 2.45) is 38.7 Å². The molecule has 3 aliphatic rings. The molecular weight excluding hydrogens is 564 g/mol. The number of ketones is 1. The van der Waals surface area contributed by atoms with Crippen molar-refractivity contribution < 1.29 is 9.59 Å². The number of carbonyl (C=O) groups excluding carboxylic acids is 2. The fourth-order valence-corrected chi connectivity index (χ4v) is 6.49. The van der Waals surface area contributed by atoms with Crippen LogP contribution in [-0.2, 0) is 16.0 Å². The standard InChI is InChI=1S/C35H42N8O2/c36-22-25-3-7-27(8-4-25)32(44)20-30(35(45)41-31-11-9-28(10-12-31)34-39-23-40-42-34)19-24-1-5-26(6-2-24)29-13-14-38-33(21-29)43-17-15-37-16-18-43/h1-2,5-6,9-14,21,25,27,30,37H,3-4,7-8,15-20,22-23,36H2,(H,41,45)/t25?,27?,30-/m1/s1. The number of hydrogen-bond acceptors (Lipinski definition) is 9. The van der Waals surface area contributed by atoms with Gasteiger partial charge in [0, 0.05) is 61.9 Å². The van der Waals surface area contributed by atoms with Crippen LogP contribution >= 0.6 is 0 Å². The first-order chi connectivity index (χ1) is 22.1. The van der Waals surface area contributed by atoms with E-state index in [0.29, 0.717) is 37.1 Å². The Morgan fingerprint density at radius 1 is 0.933 bits per heavy atom. The molecule has 2 fully saturated rings. The molecule has 1 aliphatic carbocycles. The van der Waals surface area contributed by atoms with E-state index in [0.717, 1.165) is 79.9 Å². The highest BCUT2D eigenvalue weighted by atomic mass is 16.2. The fourth-order valence-electron chi connectivity index (χ4n) is 6.49. The van der Waals surface area contributed by atoms with Gasteiger partial charge in [-0.1, -0.05) is 24.3 Å². The summed E-state index contributed by atoms with van der Waals surface area (Å²) in [5.74, 6) is 1.63. The van der Waals surface area contributed by atoms with Gasteiger partial charge in [-0.15, -0.1) is 5.11 Å². The van der Waals surface area contributed by atoms with Gasteiger partial charge in [-0.3, -0.25) is 9.59 Å². The predicted octanol–water partition coefficient (Wildman–Crippen LogP) is 4.85. The Morgan fingerprint density at radius 2 is 1.67 bits per heavy atom. The van der Waals surface area contributed by atoms with Crippen molar-refractivity contribution in [3.8, 4) is 11.1 Å². The highest BCUT2D eigenvalue weighted by Crippen LogP contribution is 2.31. The number of nitrogens with two attached hydrogens (primary N) is 1. The number of hydrogen-bond donors (Lipinski definition) is 3. The lowest BCUT2D eigenvalue weighted by Crippen LogP contribution is -2.43. The summed E-state index contributed by atoms with van der Waals surface area (Å²) in [6, 6.07) is 19.9. The van der Waals surface area contributed by atoms with Crippen LogP contribution in [0.1, 0.15) is 43.2 Å². The summed E-state index contributed by atoms with van der Waals surface area (Å²) in [6.45, 7) is 4.82. The number of piperazine rings is 1. The Labute approximate surface area is 264 Å². The van der Waals surface area contributed by atoms with Gasteiger partial charge in [-0.25, -0.2) is 9.98 Å². The van der Waals surface area contributed by atoms with Gasteiger partial charge in [0.05, 0.1) is 0 Å². The number of amidine groups is 1. The van der Waals surface area contributed by atoms with Crippen LogP contribution in [0.4, 0.5) is 11.5 Å². The van der Waals surface area contributed by atoms with Crippen LogP contribution in [0.3, 0.4) is 0 Å². The molecule has 1 saturated carbocycles. The van der Waals surface area contributed by atoms with Gasteiger partial charge in [0.25, 0.3) is 0 Å². The summed E-state index contributed by atoms with van der Waals surface area (Å²) in [5.41, 5.74) is 10.6. The number of rotatable bonds is 11. The maximum atomic E-state index is 13.7. The maximum absolute atomic E-state index is 13.7. The number of amides is 1. The van der Waals surface area contributed by atoms with Crippen molar-refractivity contribution >= 4 is 29.0 Å². The summed E-state index contributed by atoms with van der Waals surface area (Å²) in [6.07, 6.45) is 6.24. The first kappa shape index (κ1) is 30.7. The largest absolute Gasteiger partial charge is 0.354 e. The second-order valence-corrected chi connectivity index (χ2v) is 12.3. The van der Waals surface area contributed by atoms with Crippen LogP contribution in [0.15, 0.2) is 82.1 Å². The molecule has 45 heavy (non-hydrogen) atoms. The van der Waals surface area contributed by atoms with E-state index in [9.17, 15) is 9.59 Å². The molecule has 10 heteroatoms. The molecule has 10 nitrogen and oxygen atoms in total. The number of benzene rings is 2. The highest BCUT2D eigenvalue weighted by molar-refractivity contribution is 6.01. The van der Waals surface area contributed by atoms with Crippen LogP contribution in [-0.4, -0.2) is 61.9 Å². The van der Waals surface area contributed by atoms with E-state index in [1.54, 1.807) is 0 Å². The number of azo groups is 1. The zero-order valence-corrected chi connectivity index (χ0v) is 25.7. The molecule has 1 saturated heterocycles. The number of nitrogens with zero attached hydrogens (tertiary/aromatic N) is 5. The van der Waals surface area contributed by atoms with Crippen molar-refractivity contribution in [1.29, 1.82) is 0 Å². The molecule has 1 atom stereocenters. The van der Waals surface area contributed by atoms with Gasteiger partial charge in [-0.05, 0) is 97.7 Å². The monoisotopic (exact) mass is 606 g/mol. The molecule has 0 bridgehead atoms. The van der Waals surface area contributed by atoms with Crippen molar-refractivity contribution in [3.63, 3.8) is 0 Å². The van der Waals surface area contributed by atoms with Crippen molar-refractivity contribution in [2.45, 2.75) is 38.5 Å². The average molecular weight is 607 g/mol. The lowest BCUT2D eigenvalue weighted by Gasteiger charge is -2.28. The summed E-state index contributed by atoms with van der Waals surface area (Å²) >= 11 is 0. The number of aromatic nitrogens is 1. The fraction of sp³-hybridized carbons (Fsp3) is 0.429. The SMILES string of the molecule is NCC1CCC(C(=O)C[C@@H](Cc2ccc(-c3ccnc(N4CCNCC4)c3)cc2)C(=O)Nc2ccc(C3=NCN=N3)cc2)CC1. The van der Waals surface area contributed by atoms with E-state index in [1.165, 1.54) is 0 Å². The van der Waals surface area contributed by atoms with Crippen LogP contribution in [0, 0.1) is 17.8 Å². The summed E-state index contributed by atoms with van der Waals surface area (Å²) in [7, 11) is 0. The molecule has 0 unspecified atom stereocenters. The van der Waals surface area contributed by atoms with E-state index in [4.69, 9.17) is 5.73 Å². The smallest absolute Gasteiger partial charge is 0.228 e. The number of aliphatic imine (C=N–C) groups is 1. The highest BCUT2D eigenvalue weighted by Gasteiger charge is 2.30. The second kappa shape index (κ2) is 14.7. The first-order valence-corrected chi connectivity index (χ1v) is 16.1. The van der Waals surface area contributed by atoms with E-state index in [2.05, 4.69) is 66.1 Å². The average Bonchev–Trinajstić information content (AvgIpc) is 3.64. The third-order valence-electron chi connectivity index (χ3n) is 9.27. The van der Waals surface area contributed by atoms with Crippen LogP contribution in [0.5, 0.6) is 0 Å². The molecular formula is C35H42N8O2. The van der Waals surface area contributed by atoms with Crippen molar-refractivity contribution in [2.75, 3.05) is 49.6 Å². The topological polar surface area (TPSA) is 137 Å². The molecule has 4 N–H and O–H groups in total. The zero-order valence-electron chi connectivity index (χ0n) is 25.7. The van der Waals surface area contributed by atoms with Gasteiger partial charge in [0.15, 0.2) is 12.5 Å². The van der Waals surface area contributed by atoms with Gasteiger partial charge in [0.1, 0.15) is 11.6 Å².